The Morgan fingerprint density at radius 1 is 1.16 bits per heavy atom. The second-order valence-corrected chi connectivity index (χ2v) is 9.73. The Balaban J connectivity index is 1.63. The summed E-state index contributed by atoms with van der Waals surface area (Å²) in [7, 11) is 3.59. The number of hydrogen-bond donors (Lipinski definition) is 0. The third kappa shape index (κ3) is 4.05. The van der Waals surface area contributed by atoms with Gasteiger partial charge in [-0.3, -0.25) is 4.79 Å². The first-order valence-corrected chi connectivity index (χ1v) is 10.9. The number of nitrogens with zero attached hydrogens (tertiary/aromatic N) is 6. The fourth-order valence-corrected chi connectivity index (χ4v) is 4.24. The number of ether oxygens (including phenoxy) is 1. The zero-order valence-corrected chi connectivity index (χ0v) is 19.3. The number of hydrogen-bond acceptors (Lipinski definition) is 6. The first-order chi connectivity index (χ1) is 14.5. The lowest BCUT2D eigenvalue weighted by atomic mass is 9.97. The predicted molar refractivity (Wildman–Crippen MR) is 117 cm³/mol. The van der Waals surface area contributed by atoms with Crippen LogP contribution in [0.3, 0.4) is 0 Å². The number of aromatic nitrogens is 3. The van der Waals surface area contributed by atoms with E-state index in [1.54, 1.807) is 23.9 Å². The van der Waals surface area contributed by atoms with Crippen molar-refractivity contribution in [1.29, 1.82) is 0 Å². The highest BCUT2D eigenvalue weighted by atomic mass is 16.6. The van der Waals surface area contributed by atoms with Crippen LogP contribution in [0.2, 0.25) is 0 Å². The number of anilines is 1. The summed E-state index contributed by atoms with van der Waals surface area (Å²) >= 11 is 0. The first kappa shape index (κ1) is 21.4. The molecule has 168 valence electrons. The molecule has 0 atom stereocenters. The summed E-state index contributed by atoms with van der Waals surface area (Å²) in [5, 5.41) is 4.58. The molecule has 4 heterocycles. The Bertz CT molecular complexity index is 1020. The van der Waals surface area contributed by atoms with Gasteiger partial charge in [-0.1, -0.05) is 0 Å². The molecule has 2 aliphatic heterocycles. The molecule has 0 aliphatic carbocycles. The normalized spacial score (nSPS) is 17.2. The maximum atomic E-state index is 12.6. The van der Waals surface area contributed by atoms with Crippen LogP contribution in [0.5, 0.6) is 0 Å². The van der Waals surface area contributed by atoms with Gasteiger partial charge < -0.3 is 19.4 Å². The molecule has 2 amide bonds. The molecule has 9 heteroatoms. The first-order valence-electron chi connectivity index (χ1n) is 10.9. The summed E-state index contributed by atoms with van der Waals surface area (Å²) in [5.41, 5.74) is 3.43. The highest BCUT2D eigenvalue weighted by molar-refractivity contribution is 5.82. The molecule has 0 saturated carbocycles. The van der Waals surface area contributed by atoms with Gasteiger partial charge in [0, 0.05) is 57.8 Å². The molecule has 2 aromatic rings. The summed E-state index contributed by atoms with van der Waals surface area (Å²) in [6.07, 6.45) is 2.88. The van der Waals surface area contributed by atoms with Gasteiger partial charge in [0.2, 0.25) is 5.91 Å². The van der Waals surface area contributed by atoms with Gasteiger partial charge in [-0.2, -0.15) is 9.61 Å². The molecule has 2 aliphatic rings. The van der Waals surface area contributed by atoms with Gasteiger partial charge in [-0.25, -0.2) is 9.78 Å². The zero-order valence-electron chi connectivity index (χ0n) is 19.3. The summed E-state index contributed by atoms with van der Waals surface area (Å²) in [4.78, 5) is 35.5. The van der Waals surface area contributed by atoms with Gasteiger partial charge in [0.15, 0.2) is 5.65 Å². The molecule has 0 aromatic carbocycles. The topological polar surface area (TPSA) is 83.3 Å². The number of amides is 2. The summed E-state index contributed by atoms with van der Waals surface area (Å²) < 4.78 is 7.48. The minimum absolute atomic E-state index is 0.00503. The maximum absolute atomic E-state index is 12.6. The maximum Gasteiger partial charge on any atom is 0.410 e. The van der Waals surface area contributed by atoms with Gasteiger partial charge in [0.05, 0.1) is 17.8 Å². The van der Waals surface area contributed by atoms with Crippen LogP contribution in [0.15, 0.2) is 6.20 Å². The van der Waals surface area contributed by atoms with Crippen LogP contribution < -0.4 is 4.90 Å². The van der Waals surface area contributed by atoms with Crippen molar-refractivity contribution in [2.75, 3.05) is 45.2 Å². The molecule has 0 spiro atoms. The van der Waals surface area contributed by atoms with E-state index in [2.05, 4.69) is 10.00 Å². The van der Waals surface area contributed by atoms with Crippen LogP contribution in [0.1, 0.15) is 37.6 Å². The fourth-order valence-electron chi connectivity index (χ4n) is 4.24. The molecule has 2 aromatic heterocycles. The lowest BCUT2D eigenvalue weighted by molar-refractivity contribution is -0.133. The number of carbonyl (C=O) groups excluding carboxylic acids is 2. The Hall–Kier alpha value is -2.84. The molecule has 0 N–H and O–H groups in total. The van der Waals surface area contributed by atoms with Crippen LogP contribution in [-0.2, 0) is 22.4 Å². The van der Waals surface area contributed by atoms with E-state index >= 15 is 0 Å². The zero-order chi connectivity index (χ0) is 22.5. The fraction of sp³-hybridized carbons (Fsp3) is 0.636. The van der Waals surface area contributed by atoms with E-state index in [-0.39, 0.29) is 17.9 Å². The van der Waals surface area contributed by atoms with E-state index < -0.39 is 5.60 Å². The van der Waals surface area contributed by atoms with Crippen molar-refractivity contribution < 1.29 is 14.3 Å². The van der Waals surface area contributed by atoms with Crippen molar-refractivity contribution in [3.8, 4) is 0 Å². The van der Waals surface area contributed by atoms with E-state index in [4.69, 9.17) is 9.72 Å². The highest BCUT2D eigenvalue weighted by Gasteiger charge is 2.37. The van der Waals surface area contributed by atoms with Crippen molar-refractivity contribution in [2.45, 2.75) is 46.1 Å². The Kier molecular flexibility index (Phi) is 5.31. The summed E-state index contributed by atoms with van der Waals surface area (Å²) in [5.74, 6) is 1.15. The van der Waals surface area contributed by atoms with E-state index in [1.807, 2.05) is 38.4 Å². The number of rotatable bonds is 2. The van der Waals surface area contributed by atoms with Crippen molar-refractivity contribution >= 4 is 23.5 Å². The molecular formula is C22H32N6O3. The summed E-state index contributed by atoms with van der Waals surface area (Å²) in [6.45, 7) is 10.1. The van der Waals surface area contributed by atoms with E-state index in [0.717, 1.165) is 28.3 Å². The van der Waals surface area contributed by atoms with Gasteiger partial charge >= 0.3 is 6.09 Å². The number of carbonyl (C=O) groups is 2. The molecule has 0 unspecified atom stereocenters. The Labute approximate surface area is 183 Å². The molecule has 31 heavy (non-hydrogen) atoms. The Morgan fingerprint density at radius 2 is 1.84 bits per heavy atom. The van der Waals surface area contributed by atoms with E-state index in [0.29, 0.717) is 39.0 Å². The van der Waals surface area contributed by atoms with Crippen molar-refractivity contribution in [3.05, 3.63) is 23.0 Å². The minimum atomic E-state index is -0.525. The van der Waals surface area contributed by atoms with Crippen LogP contribution in [0.25, 0.3) is 5.65 Å². The largest absolute Gasteiger partial charge is 0.444 e. The lowest BCUT2D eigenvalue weighted by Crippen LogP contribution is -2.54. The smallest absolute Gasteiger partial charge is 0.410 e. The quantitative estimate of drug-likeness (QED) is 0.727. The van der Waals surface area contributed by atoms with Crippen molar-refractivity contribution in [1.82, 2.24) is 24.4 Å². The predicted octanol–water partition coefficient (Wildman–Crippen LogP) is 1.90. The second kappa shape index (κ2) is 7.69. The molecular weight excluding hydrogens is 396 g/mol. The monoisotopic (exact) mass is 428 g/mol. The van der Waals surface area contributed by atoms with Crippen LogP contribution >= 0.6 is 0 Å². The number of fused-ring (bicyclic) bond motifs is 2. The highest BCUT2D eigenvalue weighted by Crippen LogP contribution is 2.33. The average Bonchev–Trinajstić information content (AvgIpc) is 2.86. The van der Waals surface area contributed by atoms with E-state index in [1.165, 1.54) is 0 Å². The molecule has 1 fully saturated rings. The average molecular weight is 429 g/mol. The standard InChI is InChI=1S/C22H32N6O3/c1-14-11-23-28-18(14)24-17-8-10-26(21(30)31-22(2,3)4)9-7-16(17)19(28)27-12-15(13-27)20(29)25(5)6/h11,15H,7-10,12-13H2,1-6H3. The second-order valence-electron chi connectivity index (χ2n) is 9.73. The van der Waals surface area contributed by atoms with Crippen LogP contribution in [-0.4, -0.2) is 82.3 Å². The lowest BCUT2D eigenvalue weighted by Gasteiger charge is -2.41. The summed E-state index contributed by atoms with van der Waals surface area (Å²) in [6, 6.07) is 0. The molecule has 0 bridgehead atoms. The molecule has 4 rings (SSSR count). The SMILES string of the molecule is Cc1cnn2c(N3CC(C(=O)N(C)C)C3)c3c(nc12)CCN(C(=O)OC(C)(C)C)CC3. The van der Waals surface area contributed by atoms with Gasteiger partial charge in [-0.05, 0) is 34.1 Å². The minimum Gasteiger partial charge on any atom is -0.444 e. The molecule has 9 nitrogen and oxygen atoms in total. The van der Waals surface area contributed by atoms with E-state index in [9.17, 15) is 9.59 Å². The van der Waals surface area contributed by atoms with Crippen molar-refractivity contribution in [3.63, 3.8) is 0 Å². The van der Waals surface area contributed by atoms with Crippen molar-refractivity contribution in [2.24, 2.45) is 5.92 Å². The van der Waals surface area contributed by atoms with Gasteiger partial charge in [0.1, 0.15) is 11.4 Å². The van der Waals surface area contributed by atoms with Crippen LogP contribution in [0, 0.1) is 12.8 Å². The van der Waals surface area contributed by atoms with Gasteiger partial charge in [-0.15, -0.1) is 0 Å². The van der Waals surface area contributed by atoms with Crippen LogP contribution in [0.4, 0.5) is 10.6 Å². The Morgan fingerprint density at radius 3 is 2.48 bits per heavy atom. The number of aryl methyl sites for hydroxylation is 1. The molecule has 1 saturated heterocycles. The third-order valence-electron chi connectivity index (χ3n) is 5.85. The van der Waals surface area contributed by atoms with Gasteiger partial charge in [0.25, 0.3) is 0 Å². The molecule has 0 radical (unpaired) electrons. The third-order valence-corrected chi connectivity index (χ3v) is 5.85.